The second-order valence-corrected chi connectivity index (χ2v) is 14.6. The largest absolute Gasteiger partial charge is 0.496 e. The molecule has 2 atom stereocenters. The molecule has 2 aliphatic carbocycles. The Hall–Kier alpha value is -4.92. The van der Waals surface area contributed by atoms with E-state index in [2.05, 4.69) is 31.2 Å². The summed E-state index contributed by atoms with van der Waals surface area (Å²) in [5, 5.41) is 22.3. The zero-order chi connectivity index (χ0) is 38.9. The number of nitrogens with one attached hydrogen (secondary N) is 4. The fraction of sp³-hybridized carbons (Fsp3) is 0.400. The minimum atomic E-state index is -4.74. The molecule has 5 N–H and O–H groups in total. The van der Waals surface area contributed by atoms with Crippen LogP contribution in [-0.2, 0) is 35.3 Å². The standard InChI is InChI=1S/C40H42ClF3N6O5/c1-54-32-18-22(9-10-23(32)19-45-21-25-11-12-33(51)48-25)35-34(41)29(13-16-46-35)27-5-3-7-28-26(27)6-4-8-31(28)49-36-30(40(42,43)44)17-24(37(50-36)55-2)20-47-39(14-15-39)38(52)53/h3,5,7,9-10,13,16-18,25,31,45,47H,4,6,8,11-12,14-15,19-21H2,1-2H3,(H,48,51)(H,49,50)(H,52,53)/t25-,31-/m0/s1. The van der Waals surface area contributed by atoms with E-state index in [0.717, 1.165) is 45.9 Å². The molecule has 1 saturated carbocycles. The van der Waals surface area contributed by atoms with Crippen LogP contribution >= 0.6 is 11.6 Å². The Bertz CT molecular complexity index is 2110. The normalized spacial score (nSPS) is 18.7. The van der Waals surface area contributed by atoms with Crippen molar-refractivity contribution in [3.8, 4) is 34.0 Å². The Kier molecular flexibility index (Phi) is 10.9. The predicted molar refractivity (Wildman–Crippen MR) is 201 cm³/mol. The number of alkyl halides is 3. The van der Waals surface area contributed by atoms with E-state index in [-0.39, 0.29) is 35.8 Å². The highest BCUT2D eigenvalue weighted by Gasteiger charge is 2.50. The molecule has 0 radical (unpaired) electrons. The molecule has 55 heavy (non-hydrogen) atoms. The lowest BCUT2D eigenvalue weighted by Crippen LogP contribution is -2.38. The average Bonchev–Trinajstić information content (AvgIpc) is 3.86. The van der Waals surface area contributed by atoms with Crippen molar-refractivity contribution >= 4 is 29.3 Å². The van der Waals surface area contributed by atoms with E-state index in [1.54, 1.807) is 13.3 Å². The van der Waals surface area contributed by atoms with Crippen LogP contribution in [0.15, 0.2) is 54.7 Å². The highest BCUT2D eigenvalue weighted by Crippen LogP contribution is 2.44. The summed E-state index contributed by atoms with van der Waals surface area (Å²) in [6.45, 7) is 1.05. The molecule has 0 unspecified atom stereocenters. The number of nitrogens with zero attached hydrogens (tertiary/aromatic N) is 2. The van der Waals surface area contributed by atoms with Crippen LogP contribution in [0, 0.1) is 0 Å². The summed E-state index contributed by atoms with van der Waals surface area (Å²) >= 11 is 7.13. The van der Waals surface area contributed by atoms with E-state index in [4.69, 9.17) is 21.1 Å². The fourth-order valence-electron chi connectivity index (χ4n) is 7.54. The van der Waals surface area contributed by atoms with Crippen LogP contribution in [0.4, 0.5) is 19.0 Å². The smallest absolute Gasteiger partial charge is 0.419 e. The first-order valence-electron chi connectivity index (χ1n) is 18.2. The lowest BCUT2D eigenvalue weighted by atomic mass is 9.83. The van der Waals surface area contributed by atoms with E-state index >= 15 is 0 Å². The molecule has 11 nitrogen and oxygen atoms in total. The lowest BCUT2D eigenvalue weighted by Gasteiger charge is -2.30. The van der Waals surface area contributed by atoms with Gasteiger partial charge in [0.25, 0.3) is 0 Å². The lowest BCUT2D eigenvalue weighted by molar-refractivity contribution is -0.141. The van der Waals surface area contributed by atoms with Crippen LogP contribution in [-0.4, -0.2) is 59.3 Å². The van der Waals surface area contributed by atoms with Crippen LogP contribution < -0.4 is 30.7 Å². The number of halogens is 4. The predicted octanol–water partition coefficient (Wildman–Crippen LogP) is 7.06. The summed E-state index contributed by atoms with van der Waals surface area (Å²) in [7, 11) is 2.93. The molecule has 0 spiro atoms. The summed E-state index contributed by atoms with van der Waals surface area (Å²) in [6, 6.07) is 14.0. The van der Waals surface area contributed by atoms with Crippen molar-refractivity contribution < 1.29 is 37.3 Å². The maximum atomic E-state index is 14.6. The molecule has 7 rings (SSSR count). The van der Waals surface area contributed by atoms with E-state index < -0.39 is 29.3 Å². The van der Waals surface area contributed by atoms with E-state index in [1.165, 1.54) is 7.11 Å². The number of hydrogen-bond donors (Lipinski definition) is 5. The number of ether oxygens (including phenoxy) is 2. The van der Waals surface area contributed by atoms with E-state index in [1.807, 2.05) is 42.5 Å². The van der Waals surface area contributed by atoms with Gasteiger partial charge in [0.2, 0.25) is 11.8 Å². The molecule has 3 heterocycles. The Morgan fingerprint density at radius 1 is 1.04 bits per heavy atom. The van der Waals surface area contributed by atoms with E-state index in [0.29, 0.717) is 68.1 Å². The molecule has 1 saturated heterocycles. The first-order valence-corrected chi connectivity index (χ1v) is 18.6. The average molecular weight is 779 g/mol. The van der Waals surface area contributed by atoms with Gasteiger partial charge in [0, 0.05) is 60.5 Å². The Morgan fingerprint density at radius 3 is 2.55 bits per heavy atom. The molecule has 4 aromatic rings. The maximum Gasteiger partial charge on any atom is 0.419 e. The topological polar surface area (TPSA) is 147 Å². The first-order chi connectivity index (χ1) is 26.4. The highest BCUT2D eigenvalue weighted by atomic mass is 35.5. The number of aromatic nitrogens is 2. The second-order valence-electron chi connectivity index (χ2n) is 14.2. The van der Waals surface area contributed by atoms with Gasteiger partial charge in [-0.1, -0.05) is 41.9 Å². The van der Waals surface area contributed by atoms with E-state index in [9.17, 15) is 27.9 Å². The number of aliphatic carboxylic acids is 1. The number of anilines is 1. The number of carboxylic acid groups (broad SMARTS) is 1. The number of carbonyl (C=O) groups is 2. The van der Waals surface area contributed by atoms with Crippen LogP contribution in [0.25, 0.3) is 22.4 Å². The molecule has 0 bridgehead atoms. The van der Waals surface area contributed by atoms with Crippen LogP contribution in [0.3, 0.4) is 0 Å². The van der Waals surface area contributed by atoms with Gasteiger partial charge in [0.05, 0.1) is 36.5 Å². The molecular weight excluding hydrogens is 737 g/mol. The fourth-order valence-corrected chi connectivity index (χ4v) is 7.86. The Labute approximate surface area is 321 Å². The number of pyridine rings is 2. The number of methoxy groups -OCH3 is 2. The molecule has 15 heteroatoms. The van der Waals surface area contributed by atoms with Gasteiger partial charge in [-0.05, 0) is 73.4 Å². The molecule has 2 aromatic carbocycles. The third kappa shape index (κ3) is 8.07. The number of hydrogen-bond acceptors (Lipinski definition) is 9. The molecule has 1 aliphatic heterocycles. The minimum Gasteiger partial charge on any atom is -0.496 e. The van der Waals surface area contributed by atoms with Crippen molar-refractivity contribution in [1.82, 2.24) is 25.9 Å². The summed E-state index contributed by atoms with van der Waals surface area (Å²) in [4.78, 5) is 32.1. The summed E-state index contributed by atoms with van der Waals surface area (Å²) in [5.41, 5.74) is 3.67. The summed E-state index contributed by atoms with van der Waals surface area (Å²) in [6.07, 6.45) is 1.04. The van der Waals surface area contributed by atoms with Gasteiger partial charge in [-0.15, -0.1) is 0 Å². The zero-order valence-electron chi connectivity index (χ0n) is 30.4. The molecule has 1 amide bonds. The van der Waals surface area contributed by atoms with Crippen molar-refractivity contribution in [1.29, 1.82) is 0 Å². The third-order valence-corrected chi connectivity index (χ3v) is 11.1. The van der Waals surface area contributed by atoms with Gasteiger partial charge in [0.1, 0.15) is 17.1 Å². The Balaban J connectivity index is 1.15. The zero-order valence-corrected chi connectivity index (χ0v) is 31.2. The van der Waals surface area contributed by atoms with Gasteiger partial charge < -0.3 is 30.5 Å². The van der Waals surface area contributed by atoms with Crippen molar-refractivity contribution in [2.45, 2.75) is 81.8 Å². The number of fused-ring (bicyclic) bond motifs is 1. The number of rotatable bonds is 14. The molecule has 290 valence electrons. The second kappa shape index (κ2) is 15.7. The number of amides is 1. The molecule has 3 aliphatic rings. The van der Waals surface area contributed by atoms with Gasteiger partial charge >= 0.3 is 12.1 Å². The third-order valence-electron chi connectivity index (χ3n) is 10.7. The first kappa shape index (κ1) is 38.4. The summed E-state index contributed by atoms with van der Waals surface area (Å²) in [5.74, 6) is -0.692. The maximum absolute atomic E-state index is 14.6. The number of benzene rings is 2. The van der Waals surface area contributed by atoms with Crippen molar-refractivity contribution in [2.75, 3.05) is 26.1 Å². The minimum absolute atomic E-state index is 0.0231. The molecule has 2 aromatic heterocycles. The van der Waals surface area contributed by atoms with Crippen molar-refractivity contribution in [3.63, 3.8) is 0 Å². The van der Waals surface area contributed by atoms with Gasteiger partial charge in [-0.25, -0.2) is 0 Å². The molecule has 2 fully saturated rings. The van der Waals surface area contributed by atoms with Crippen LogP contribution in [0.1, 0.15) is 72.4 Å². The van der Waals surface area contributed by atoms with Crippen LogP contribution in [0.2, 0.25) is 5.02 Å². The monoisotopic (exact) mass is 778 g/mol. The van der Waals surface area contributed by atoms with Gasteiger partial charge in [-0.2, -0.15) is 18.2 Å². The van der Waals surface area contributed by atoms with Crippen molar-refractivity contribution in [3.05, 3.63) is 87.6 Å². The Morgan fingerprint density at radius 2 is 1.85 bits per heavy atom. The number of carbonyl (C=O) groups excluding carboxylic acids is 1. The summed E-state index contributed by atoms with van der Waals surface area (Å²) < 4.78 is 54.8. The van der Waals surface area contributed by atoms with Gasteiger partial charge in [-0.3, -0.25) is 19.9 Å². The van der Waals surface area contributed by atoms with Gasteiger partial charge in [0.15, 0.2) is 0 Å². The molecular formula is C40H42ClF3N6O5. The SMILES string of the molecule is COc1cc(-c2nccc(-c3cccc4c3CCC[C@@H]4Nc3nc(OC)c(CNC4(C(=O)O)CC4)cc3C(F)(F)F)c2Cl)ccc1CNC[C@@H]1CCC(=O)N1. The quantitative estimate of drug-likeness (QED) is 0.0902. The van der Waals surface area contributed by atoms with Crippen LogP contribution in [0.5, 0.6) is 11.6 Å². The highest BCUT2D eigenvalue weighted by molar-refractivity contribution is 6.35. The number of carboxylic acids is 1. The van der Waals surface area contributed by atoms with Crippen molar-refractivity contribution in [2.24, 2.45) is 0 Å².